The highest BCUT2D eigenvalue weighted by molar-refractivity contribution is 5.91. The molecule has 0 saturated heterocycles. The van der Waals surface area contributed by atoms with Gasteiger partial charge in [-0.05, 0) is 148 Å². The molecule has 4 bridgehead atoms. The van der Waals surface area contributed by atoms with E-state index in [2.05, 4.69) is 189 Å². The Hall–Kier alpha value is -5.66. The van der Waals surface area contributed by atoms with Crippen LogP contribution in [0.15, 0.2) is 170 Å². The fourth-order valence-corrected chi connectivity index (χ4v) is 11.9. The maximum atomic E-state index is 2.47. The molecule has 0 radical (unpaired) electrons. The first-order valence-electron chi connectivity index (χ1n) is 20.9. The first-order chi connectivity index (χ1) is 27.4. The van der Waals surface area contributed by atoms with Crippen molar-refractivity contribution >= 4 is 17.1 Å². The predicted molar refractivity (Wildman–Crippen MR) is 235 cm³/mol. The zero-order valence-electron chi connectivity index (χ0n) is 32.6. The Morgan fingerprint density at radius 1 is 0.411 bits per heavy atom. The second-order valence-corrected chi connectivity index (χ2v) is 18.0. The van der Waals surface area contributed by atoms with Gasteiger partial charge in [-0.15, -0.1) is 0 Å². The highest BCUT2D eigenvalue weighted by atomic mass is 15.1. The second-order valence-electron chi connectivity index (χ2n) is 18.0. The van der Waals surface area contributed by atoms with Crippen LogP contribution in [0.25, 0.3) is 44.5 Å². The van der Waals surface area contributed by atoms with Gasteiger partial charge in [-0.2, -0.15) is 0 Å². The number of benzene rings is 7. The molecule has 274 valence electrons. The van der Waals surface area contributed by atoms with Gasteiger partial charge >= 0.3 is 0 Å². The summed E-state index contributed by atoms with van der Waals surface area (Å²) in [4.78, 5) is 2.45. The van der Waals surface area contributed by atoms with E-state index in [4.69, 9.17) is 0 Å². The van der Waals surface area contributed by atoms with Crippen molar-refractivity contribution in [2.45, 2.75) is 63.2 Å². The Balaban J connectivity index is 0.914. The molecule has 0 spiro atoms. The Labute approximate surface area is 332 Å². The highest BCUT2D eigenvalue weighted by Gasteiger charge is 2.51. The Bertz CT molecular complexity index is 2520. The van der Waals surface area contributed by atoms with E-state index in [0.29, 0.717) is 5.41 Å². The predicted octanol–water partition coefficient (Wildman–Crippen LogP) is 14.9. The van der Waals surface area contributed by atoms with Gasteiger partial charge in [0.05, 0.1) is 5.69 Å². The van der Waals surface area contributed by atoms with Crippen molar-refractivity contribution in [1.29, 1.82) is 0 Å². The van der Waals surface area contributed by atoms with Crippen LogP contribution in [0.5, 0.6) is 0 Å². The molecule has 1 nitrogen and oxygen atoms in total. The van der Waals surface area contributed by atoms with Gasteiger partial charge in [0, 0.05) is 22.4 Å². The van der Waals surface area contributed by atoms with Gasteiger partial charge in [0.2, 0.25) is 0 Å². The lowest BCUT2D eigenvalue weighted by molar-refractivity contribution is -0.00518. The smallest absolute Gasteiger partial charge is 0.0540 e. The summed E-state index contributed by atoms with van der Waals surface area (Å²) < 4.78 is 0. The van der Waals surface area contributed by atoms with E-state index >= 15 is 0 Å². The lowest BCUT2D eigenvalue weighted by atomic mass is 9.48. The minimum atomic E-state index is -0.0843. The van der Waals surface area contributed by atoms with E-state index in [0.717, 1.165) is 23.4 Å². The van der Waals surface area contributed by atoms with Crippen molar-refractivity contribution in [2.24, 2.45) is 17.8 Å². The third-order valence-electron chi connectivity index (χ3n) is 14.3. The standard InChI is InChI=1S/C55H49N/c1-54(2)51-14-8-6-13-49(51)50-29-28-47(33-52(50)54)56(53-15-9-7-12-48(53)44-10-4-3-5-11-44)46-26-22-43(23-27-46)41-18-16-40(17-19-41)42-20-24-45(25-21-42)55-34-37-30-38(35-55)32-39(31-37)36-55/h3-29,33,37-39H,30-32,34-36H2,1-2H3. The third kappa shape index (κ3) is 5.50. The molecule has 0 heterocycles. The lowest BCUT2D eigenvalue weighted by Gasteiger charge is -2.57. The number of nitrogens with zero attached hydrogens (tertiary/aromatic N) is 1. The van der Waals surface area contributed by atoms with Crippen molar-refractivity contribution in [3.8, 4) is 44.5 Å². The molecule has 0 N–H and O–H groups in total. The maximum Gasteiger partial charge on any atom is 0.0540 e. The van der Waals surface area contributed by atoms with E-state index < -0.39 is 0 Å². The minimum Gasteiger partial charge on any atom is -0.310 e. The van der Waals surface area contributed by atoms with Crippen LogP contribution >= 0.6 is 0 Å². The third-order valence-corrected chi connectivity index (χ3v) is 14.3. The molecule has 4 fully saturated rings. The van der Waals surface area contributed by atoms with Crippen LogP contribution in [-0.4, -0.2) is 0 Å². The van der Waals surface area contributed by atoms with Crippen LogP contribution in [0.2, 0.25) is 0 Å². The van der Waals surface area contributed by atoms with E-state index in [1.54, 1.807) is 5.56 Å². The number of hydrogen-bond acceptors (Lipinski definition) is 1. The van der Waals surface area contributed by atoms with E-state index in [1.165, 1.54) is 106 Å². The molecule has 12 rings (SSSR count). The van der Waals surface area contributed by atoms with Crippen LogP contribution in [-0.2, 0) is 10.8 Å². The summed E-state index contributed by atoms with van der Waals surface area (Å²) in [5.41, 5.74) is 18.4. The van der Waals surface area contributed by atoms with Crippen molar-refractivity contribution in [2.75, 3.05) is 4.90 Å². The average molecular weight is 724 g/mol. The fraction of sp³-hybridized carbons (Fsp3) is 0.236. The average Bonchev–Trinajstić information content (AvgIpc) is 3.47. The molecule has 1 heteroatoms. The molecule has 0 aliphatic heterocycles. The van der Waals surface area contributed by atoms with Crippen molar-refractivity contribution < 1.29 is 0 Å². The lowest BCUT2D eigenvalue weighted by Crippen LogP contribution is -2.48. The van der Waals surface area contributed by atoms with Gasteiger partial charge in [0.1, 0.15) is 0 Å². The Morgan fingerprint density at radius 2 is 0.893 bits per heavy atom. The molecule has 0 atom stereocenters. The summed E-state index contributed by atoms with van der Waals surface area (Å²) in [5.74, 6) is 2.92. The summed E-state index contributed by atoms with van der Waals surface area (Å²) in [6.45, 7) is 4.73. The van der Waals surface area contributed by atoms with Gasteiger partial charge in [-0.3, -0.25) is 0 Å². The number of hydrogen-bond donors (Lipinski definition) is 0. The SMILES string of the molecule is CC1(C)c2ccccc2-c2ccc(N(c3ccc(-c4ccc(-c5ccc(C67CC8CC(CC(C8)C6)C7)cc5)cc4)cc3)c3ccccc3-c3ccccc3)cc21. The van der Waals surface area contributed by atoms with E-state index in [1.807, 2.05) is 0 Å². The molecule has 0 aromatic heterocycles. The largest absolute Gasteiger partial charge is 0.310 e. The molecule has 56 heavy (non-hydrogen) atoms. The normalized spacial score (nSPS) is 22.4. The summed E-state index contributed by atoms with van der Waals surface area (Å²) >= 11 is 0. The Morgan fingerprint density at radius 3 is 1.52 bits per heavy atom. The van der Waals surface area contributed by atoms with Gasteiger partial charge in [-0.25, -0.2) is 0 Å². The van der Waals surface area contributed by atoms with Gasteiger partial charge < -0.3 is 4.90 Å². The molecule has 0 unspecified atom stereocenters. The number of fused-ring (bicyclic) bond motifs is 3. The van der Waals surface area contributed by atoms with Gasteiger partial charge in [0.25, 0.3) is 0 Å². The van der Waals surface area contributed by atoms with Gasteiger partial charge in [0.15, 0.2) is 0 Å². The van der Waals surface area contributed by atoms with Crippen LogP contribution < -0.4 is 4.90 Å². The van der Waals surface area contributed by atoms with Crippen LogP contribution in [0, 0.1) is 17.8 Å². The monoisotopic (exact) mass is 723 g/mol. The van der Waals surface area contributed by atoms with E-state index in [-0.39, 0.29) is 5.41 Å². The molecule has 5 aliphatic rings. The first kappa shape index (κ1) is 33.7. The molecular formula is C55H49N. The zero-order chi connectivity index (χ0) is 37.4. The van der Waals surface area contributed by atoms with Crippen molar-refractivity contribution in [3.63, 3.8) is 0 Å². The fourth-order valence-electron chi connectivity index (χ4n) is 11.9. The minimum absolute atomic E-state index is 0.0843. The van der Waals surface area contributed by atoms with Gasteiger partial charge in [-0.1, -0.05) is 153 Å². The topological polar surface area (TPSA) is 3.24 Å². The van der Waals surface area contributed by atoms with Crippen LogP contribution in [0.4, 0.5) is 17.1 Å². The second kappa shape index (κ2) is 13.0. The summed E-state index contributed by atoms with van der Waals surface area (Å²) in [6.07, 6.45) is 8.75. The number of anilines is 3. The molecular weight excluding hydrogens is 675 g/mol. The molecule has 5 aliphatic carbocycles. The van der Waals surface area contributed by atoms with Crippen LogP contribution in [0.1, 0.15) is 69.1 Å². The van der Waals surface area contributed by atoms with Crippen molar-refractivity contribution in [3.05, 3.63) is 187 Å². The highest BCUT2D eigenvalue weighted by Crippen LogP contribution is 2.61. The maximum absolute atomic E-state index is 2.47. The molecule has 0 amide bonds. The number of rotatable bonds is 7. The summed E-state index contributed by atoms with van der Waals surface area (Å²) in [6, 6.07) is 63.6. The van der Waals surface area contributed by atoms with Crippen molar-refractivity contribution in [1.82, 2.24) is 0 Å². The molecule has 7 aromatic rings. The van der Waals surface area contributed by atoms with E-state index in [9.17, 15) is 0 Å². The Kier molecular flexibility index (Phi) is 7.79. The molecule has 7 aromatic carbocycles. The zero-order valence-corrected chi connectivity index (χ0v) is 32.6. The molecule has 4 saturated carbocycles. The summed E-state index contributed by atoms with van der Waals surface area (Å²) in [7, 11) is 0. The number of para-hydroxylation sites is 1. The first-order valence-corrected chi connectivity index (χ1v) is 20.9. The summed E-state index contributed by atoms with van der Waals surface area (Å²) in [5, 5.41) is 0. The quantitative estimate of drug-likeness (QED) is 0.158. The van der Waals surface area contributed by atoms with Crippen LogP contribution in [0.3, 0.4) is 0 Å².